The summed E-state index contributed by atoms with van der Waals surface area (Å²) in [5.74, 6) is -0.0289. The van der Waals surface area contributed by atoms with Crippen LogP contribution in [0.3, 0.4) is 0 Å². The summed E-state index contributed by atoms with van der Waals surface area (Å²) < 4.78 is 5.12. The van der Waals surface area contributed by atoms with Crippen LogP contribution >= 0.6 is 11.6 Å². The van der Waals surface area contributed by atoms with Gasteiger partial charge in [-0.15, -0.1) is 0 Å². The fourth-order valence-electron chi connectivity index (χ4n) is 1.97. The number of aliphatic hydroxyl groups is 1. The second-order valence-electron chi connectivity index (χ2n) is 5.24. The summed E-state index contributed by atoms with van der Waals surface area (Å²) in [4.78, 5) is 22.0. The molecule has 1 amide bonds. The first kappa shape index (κ1) is 17.0. The minimum atomic E-state index is -1.33. The van der Waals surface area contributed by atoms with Crippen molar-refractivity contribution in [3.8, 4) is 0 Å². The van der Waals surface area contributed by atoms with Gasteiger partial charge in [-0.2, -0.15) is 0 Å². The zero-order valence-electron chi connectivity index (χ0n) is 12.3. The van der Waals surface area contributed by atoms with Gasteiger partial charge in [0.2, 0.25) is 5.91 Å². The SMILES string of the molecule is C[C@](O)(CNC(=O)Cc1ccc([N+](=O)[O-])cc1Cl)c1ccco1. The smallest absolute Gasteiger partial charge is 0.270 e. The van der Waals surface area contributed by atoms with E-state index >= 15 is 0 Å². The Bertz CT molecular complexity index is 713. The van der Waals surface area contributed by atoms with Gasteiger partial charge in [-0.1, -0.05) is 17.7 Å². The number of halogens is 1. The van der Waals surface area contributed by atoms with E-state index in [-0.39, 0.29) is 29.6 Å². The Hall–Kier alpha value is -2.38. The van der Waals surface area contributed by atoms with E-state index in [1.165, 1.54) is 31.4 Å². The van der Waals surface area contributed by atoms with E-state index in [9.17, 15) is 20.0 Å². The first-order valence-corrected chi connectivity index (χ1v) is 7.13. The molecule has 0 aliphatic heterocycles. The Kier molecular flexibility index (Phi) is 5.02. The lowest BCUT2D eigenvalue weighted by molar-refractivity contribution is -0.384. The van der Waals surface area contributed by atoms with Crippen LogP contribution in [-0.2, 0) is 16.8 Å². The van der Waals surface area contributed by atoms with Gasteiger partial charge in [-0.05, 0) is 24.6 Å². The fraction of sp³-hybridized carbons (Fsp3) is 0.267. The van der Waals surface area contributed by atoms with E-state index in [4.69, 9.17) is 16.0 Å². The van der Waals surface area contributed by atoms with Gasteiger partial charge >= 0.3 is 0 Å². The van der Waals surface area contributed by atoms with E-state index in [0.717, 1.165) is 0 Å². The van der Waals surface area contributed by atoms with E-state index in [1.54, 1.807) is 12.1 Å². The maximum absolute atomic E-state index is 12.0. The van der Waals surface area contributed by atoms with Crippen molar-refractivity contribution >= 4 is 23.2 Å². The first-order chi connectivity index (χ1) is 10.8. The number of furan rings is 1. The minimum absolute atomic E-state index is 0.0378. The molecule has 1 aromatic carbocycles. The third-order valence-corrected chi connectivity index (χ3v) is 3.63. The van der Waals surface area contributed by atoms with Gasteiger partial charge in [0.05, 0.1) is 29.2 Å². The number of non-ortho nitro benzene ring substituents is 1. The quantitative estimate of drug-likeness (QED) is 0.621. The molecule has 2 rings (SSSR count). The molecule has 122 valence electrons. The number of hydrogen-bond donors (Lipinski definition) is 2. The van der Waals surface area contributed by atoms with Crippen LogP contribution in [0, 0.1) is 10.1 Å². The van der Waals surface area contributed by atoms with Crippen molar-refractivity contribution < 1.29 is 19.2 Å². The standard InChI is InChI=1S/C15H15ClN2O5/c1-15(20,13-3-2-6-23-13)9-17-14(19)7-10-4-5-11(18(21)22)8-12(10)16/h2-6,8,20H,7,9H2,1H3,(H,17,19)/t15-/m0/s1. The highest BCUT2D eigenvalue weighted by Crippen LogP contribution is 2.23. The van der Waals surface area contributed by atoms with Crippen molar-refractivity contribution in [2.24, 2.45) is 0 Å². The molecule has 2 N–H and O–H groups in total. The van der Waals surface area contributed by atoms with Crippen molar-refractivity contribution in [2.45, 2.75) is 18.9 Å². The highest BCUT2D eigenvalue weighted by Gasteiger charge is 2.26. The lowest BCUT2D eigenvalue weighted by Gasteiger charge is -2.21. The molecule has 2 aromatic rings. The molecular formula is C15H15ClN2O5. The van der Waals surface area contributed by atoms with Gasteiger partial charge in [-0.3, -0.25) is 14.9 Å². The maximum Gasteiger partial charge on any atom is 0.270 e. The van der Waals surface area contributed by atoms with Gasteiger partial charge < -0.3 is 14.8 Å². The Morgan fingerprint density at radius 3 is 2.78 bits per heavy atom. The molecule has 0 saturated heterocycles. The summed E-state index contributed by atoms with van der Waals surface area (Å²) >= 11 is 5.94. The molecule has 1 heterocycles. The van der Waals surface area contributed by atoms with Crippen LogP contribution in [0.1, 0.15) is 18.2 Å². The lowest BCUT2D eigenvalue weighted by atomic mass is 10.0. The number of hydrogen-bond acceptors (Lipinski definition) is 5. The summed E-state index contributed by atoms with van der Waals surface area (Å²) in [6.45, 7) is 1.48. The Labute approximate surface area is 137 Å². The fourth-order valence-corrected chi connectivity index (χ4v) is 2.21. The number of nitro benzene ring substituents is 1. The molecule has 0 radical (unpaired) electrons. The third-order valence-electron chi connectivity index (χ3n) is 3.28. The number of rotatable bonds is 6. The van der Waals surface area contributed by atoms with E-state index < -0.39 is 10.5 Å². The predicted octanol–water partition coefficient (Wildman–Crippen LogP) is 2.41. The largest absolute Gasteiger partial charge is 0.466 e. The number of carbonyl (C=O) groups is 1. The van der Waals surface area contributed by atoms with E-state index in [1.807, 2.05) is 0 Å². The molecule has 7 nitrogen and oxygen atoms in total. The van der Waals surface area contributed by atoms with Gasteiger partial charge in [0.1, 0.15) is 11.4 Å². The zero-order chi connectivity index (χ0) is 17.0. The topological polar surface area (TPSA) is 106 Å². The molecule has 0 spiro atoms. The Morgan fingerprint density at radius 2 is 2.22 bits per heavy atom. The molecule has 8 heteroatoms. The summed E-state index contributed by atoms with van der Waals surface area (Å²) in [5.41, 5.74) is -1.01. The van der Waals surface area contributed by atoms with E-state index in [0.29, 0.717) is 11.3 Å². The molecule has 0 saturated carbocycles. The molecule has 1 aromatic heterocycles. The summed E-state index contributed by atoms with van der Waals surface area (Å²) in [6, 6.07) is 7.17. The van der Waals surface area contributed by atoms with Crippen molar-refractivity contribution in [3.05, 3.63) is 63.1 Å². The number of nitrogens with zero attached hydrogens (tertiary/aromatic N) is 1. The first-order valence-electron chi connectivity index (χ1n) is 6.75. The van der Waals surface area contributed by atoms with Crippen LogP contribution in [0.15, 0.2) is 41.0 Å². The summed E-state index contributed by atoms with van der Waals surface area (Å²) in [7, 11) is 0. The molecule has 0 aliphatic rings. The lowest BCUT2D eigenvalue weighted by Crippen LogP contribution is -2.39. The number of carbonyl (C=O) groups excluding carboxylic acids is 1. The molecule has 1 atom stereocenters. The minimum Gasteiger partial charge on any atom is -0.466 e. The van der Waals surface area contributed by atoms with Crippen molar-refractivity contribution in [1.82, 2.24) is 5.32 Å². The number of nitro groups is 1. The van der Waals surface area contributed by atoms with E-state index in [2.05, 4.69) is 5.32 Å². The van der Waals surface area contributed by atoms with Gasteiger partial charge in [0, 0.05) is 12.1 Å². The molecule has 0 unspecified atom stereocenters. The Morgan fingerprint density at radius 1 is 1.48 bits per heavy atom. The van der Waals surface area contributed by atoms with Crippen molar-refractivity contribution in [1.29, 1.82) is 0 Å². The number of benzene rings is 1. The third kappa shape index (κ3) is 4.30. The molecule has 0 fully saturated rings. The summed E-state index contributed by atoms with van der Waals surface area (Å²) in [5, 5.41) is 23.6. The highest BCUT2D eigenvalue weighted by molar-refractivity contribution is 6.31. The van der Waals surface area contributed by atoms with Crippen LogP contribution in [-0.4, -0.2) is 22.5 Å². The molecule has 0 aliphatic carbocycles. The van der Waals surface area contributed by atoms with Gasteiger partial charge in [-0.25, -0.2) is 0 Å². The predicted molar refractivity (Wildman–Crippen MR) is 83.1 cm³/mol. The van der Waals surface area contributed by atoms with Crippen molar-refractivity contribution in [3.63, 3.8) is 0 Å². The maximum atomic E-state index is 12.0. The second-order valence-corrected chi connectivity index (χ2v) is 5.64. The zero-order valence-corrected chi connectivity index (χ0v) is 13.0. The van der Waals surface area contributed by atoms with Crippen LogP contribution in [0.5, 0.6) is 0 Å². The van der Waals surface area contributed by atoms with Crippen LogP contribution < -0.4 is 5.32 Å². The van der Waals surface area contributed by atoms with Crippen molar-refractivity contribution in [2.75, 3.05) is 6.54 Å². The number of nitrogens with one attached hydrogen (secondary N) is 1. The highest BCUT2D eigenvalue weighted by atomic mass is 35.5. The monoisotopic (exact) mass is 338 g/mol. The second kappa shape index (κ2) is 6.80. The van der Waals surface area contributed by atoms with Crippen LogP contribution in [0.25, 0.3) is 0 Å². The average molecular weight is 339 g/mol. The van der Waals surface area contributed by atoms with Gasteiger partial charge in [0.25, 0.3) is 5.69 Å². The number of amides is 1. The molecular weight excluding hydrogens is 324 g/mol. The molecule has 23 heavy (non-hydrogen) atoms. The van der Waals surface area contributed by atoms with Crippen LogP contribution in [0.2, 0.25) is 5.02 Å². The average Bonchev–Trinajstić information content (AvgIpc) is 3.02. The van der Waals surface area contributed by atoms with Gasteiger partial charge in [0.15, 0.2) is 0 Å². The normalized spacial score (nSPS) is 13.3. The Balaban J connectivity index is 1.96. The van der Waals surface area contributed by atoms with Crippen LogP contribution in [0.4, 0.5) is 5.69 Å². The summed E-state index contributed by atoms with van der Waals surface area (Å²) in [6.07, 6.45) is 1.38. The molecule has 0 bridgehead atoms.